The first-order valence-electron chi connectivity index (χ1n) is 1.02. The van der Waals surface area contributed by atoms with Crippen molar-refractivity contribution in [2.45, 2.75) is 14.9 Å². The summed E-state index contributed by atoms with van der Waals surface area (Å²) in [6, 6.07) is 0. The van der Waals surface area contributed by atoms with Crippen molar-refractivity contribution in [2.24, 2.45) is 0 Å². The summed E-state index contributed by atoms with van der Waals surface area (Å²) in [7, 11) is 0. The van der Waals surface area contributed by atoms with E-state index in [0.717, 1.165) is 0 Å². The van der Waals surface area contributed by atoms with Crippen LogP contribution in [0.25, 0.3) is 0 Å². The molecule has 1 nitrogen and oxygen atoms in total. The molecule has 1 N–H and O–H groups in total. The Labute approximate surface area is 35.3 Å². The molecule has 0 aliphatic rings. The molecule has 0 unspecified atom stereocenters. The third-order valence-corrected chi connectivity index (χ3v) is 0. The zero-order valence-corrected chi connectivity index (χ0v) is 1.65. The van der Waals surface area contributed by atoms with Gasteiger partial charge < -0.3 is 0 Å². The van der Waals surface area contributed by atoms with E-state index in [1.54, 1.807) is 0 Å². The summed E-state index contributed by atoms with van der Waals surface area (Å²) in [6.07, 6.45) is 0. The van der Waals surface area contributed by atoms with Crippen molar-refractivity contribution in [3.05, 3.63) is 6.58 Å². The number of hydrogen-bond donors (Lipinski definition) is 1. The van der Waals surface area contributed by atoms with Crippen LogP contribution in [0.3, 0.4) is 0 Å². The standard InChI is InChI=1S/C2H3N.2CH4/c1-2-3;;/h3H,1H2;2*1H4/i/hT. The number of hydrogen-bond acceptors (Lipinski definition) is 1. The van der Waals surface area contributed by atoms with E-state index < -0.39 is 0 Å². The number of rotatable bonds is 0. The van der Waals surface area contributed by atoms with Gasteiger partial charge in [0, 0.05) is 0 Å². The Balaban J connectivity index is -0.0000000450. The van der Waals surface area contributed by atoms with E-state index in [1.165, 1.54) is 0 Å². The van der Waals surface area contributed by atoms with E-state index in [4.69, 9.17) is 1.41 Å². The Hall–Kier alpha value is -0.550. The van der Waals surface area contributed by atoms with Gasteiger partial charge in [0.2, 0.25) is 0 Å². The van der Waals surface area contributed by atoms with Crippen LogP contribution in [-0.4, -0.2) is 5.87 Å². The zero-order valence-electron chi connectivity index (χ0n) is 2.65. The molecule has 0 saturated carbocycles. The van der Waals surface area contributed by atoms with E-state index in [2.05, 4.69) is 12.0 Å². The largest absolute Gasteiger partial charge is 0.259 e. The molecule has 0 amide bonds. The van der Waals surface area contributed by atoms with Crippen LogP contribution in [0, 0.1) is 5.40 Å². The van der Waals surface area contributed by atoms with Crippen molar-refractivity contribution in [3.63, 3.8) is 0 Å². The predicted molar refractivity (Wildman–Crippen MR) is 26.8 cm³/mol. The summed E-state index contributed by atoms with van der Waals surface area (Å²) in [5, 5.41) is 2.62. The van der Waals surface area contributed by atoms with Crippen LogP contribution < -0.4 is 0 Å². The second-order valence-electron chi connectivity index (χ2n) is 0.158. The molecular formula is C4H11N. The average Bonchev–Trinajstić information content (AvgIpc) is 1.37. The van der Waals surface area contributed by atoms with Crippen LogP contribution in [0.15, 0.2) is 6.58 Å². The van der Waals surface area contributed by atoms with Gasteiger partial charge in [-0.3, -0.25) is 5.40 Å². The molecule has 0 fully saturated rings. The SMILES string of the molecule is C.C.[3H]N=C=C. The van der Waals surface area contributed by atoms with Gasteiger partial charge in [-0.25, -0.2) is 0 Å². The van der Waals surface area contributed by atoms with Crippen molar-refractivity contribution in [1.29, 1.82) is 5.40 Å². The normalized spacial score (nSPS) is 3.60. The molecule has 0 saturated heterocycles. The fourth-order valence-electron chi connectivity index (χ4n) is 0. The Morgan fingerprint density at radius 3 is 2.00 bits per heavy atom. The molecule has 5 heavy (non-hydrogen) atoms. The lowest BCUT2D eigenvalue weighted by atomic mass is 11.2. The van der Waals surface area contributed by atoms with Gasteiger partial charge in [0.05, 0.1) is 0 Å². The fraction of sp³-hybridized carbons (Fsp3) is 0.500. The topological polar surface area (TPSA) is 23.9 Å². The first kappa shape index (κ1) is 8.82. The van der Waals surface area contributed by atoms with Crippen molar-refractivity contribution >= 4 is 5.87 Å². The Morgan fingerprint density at radius 2 is 2.00 bits per heavy atom. The Bertz CT molecular complexity index is 45.5. The van der Waals surface area contributed by atoms with Crippen LogP contribution in [0.1, 0.15) is 14.9 Å². The molecule has 32 valence electrons. The summed E-state index contributed by atoms with van der Waals surface area (Å²) in [5.74, 6) is 1.97. The second-order valence-corrected chi connectivity index (χ2v) is 0.158. The monoisotopic (exact) mass is 75.1 g/mol. The minimum absolute atomic E-state index is 0. The van der Waals surface area contributed by atoms with E-state index >= 15 is 0 Å². The highest BCUT2D eigenvalue weighted by Crippen LogP contribution is 0.942. The lowest BCUT2D eigenvalue weighted by molar-refractivity contribution is 1.60. The summed E-state index contributed by atoms with van der Waals surface area (Å²) in [4.78, 5) is 0. The number of nitrogens with one attached hydrogen (secondary N) is 1. The molecule has 0 aromatic carbocycles. The van der Waals surface area contributed by atoms with Crippen LogP contribution in [-0.2, 0) is 0 Å². The molecule has 1 heteroatoms. The molecular weight excluding hydrogens is 62.1 g/mol. The molecule has 0 atom stereocenters. The minimum Gasteiger partial charge on any atom is -0.259 e. The highest BCUT2D eigenvalue weighted by atomic mass is 14.3. The van der Waals surface area contributed by atoms with E-state index in [-0.39, 0.29) is 14.9 Å². The van der Waals surface area contributed by atoms with Gasteiger partial charge in [-0.05, 0) is 12.4 Å². The van der Waals surface area contributed by atoms with Gasteiger partial charge in [0.1, 0.15) is 0 Å². The zero-order chi connectivity index (χ0) is 3.41. The average molecular weight is 75.1 g/mol. The van der Waals surface area contributed by atoms with Gasteiger partial charge >= 0.3 is 0 Å². The molecule has 0 aliphatic heterocycles. The molecule has 0 spiro atoms. The predicted octanol–water partition coefficient (Wildman–Crippen LogP) is 1.69. The van der Waals surface area contributed by atoms with Gasteiger partial charge in [-0.15, -0.1) is 0 Å². The summed E-state index contributed by atoms with van der Waals surface area (Å²) in [6.45, 7) is 3.00. The Morgan fingerprint density at radius 1 is 1.80 bits per heavy atom. The smallest absolute Gasteiger partial charge is 0.199 e. The highest BCUT2D eigenvalue weighted by molar-refractivity contribution is 5.41. The minimum atomic E-state index is 0. The molecule has 0 bridgehead atoms. The lowest BCUT2D eigenvalue weighted by Gasteiger charge is -1.10. The van der Waals surface area contributed by atoms with Crippen molar-refractivity contribution in [3.8, 4) is 0 Å². The van der Waals surface area contributed by atoms with Gasteiger partial charge in [-0.1, -0.05) is 14.9 Å². The first-order valence-corrected chi connectivity index (χ1v) is 0.577. The lowest BCUT2D eigenvalue weighted by Crippen LogP contribution is -1.10. The maximum atomic E-state index is 5.90. The van der Waals surface area contributed by atoms with Crippen LogP contribution >= 0.6 is 0 Å². The van der Waals surface area contributed by atoms with Gasteiger partial charge in [0.25, 0.3) is 0 Å². The van der Waals surface area contributed by atoms with Crippen LogP contribution in [0.2, 0.25) is 1.41 Å². The van der Waals surface area contributed by atoms with Crippen molar-refractivity contribution in [1.82, 2.24) is 0 Å². The van der Waals surface area contributed by atoms with E-state index in [1.807, 2.05) is 5.87 Å². The Kier molecular flexibility index (Phi) is 180. The highest BCUT2D eigenvalue weighted by Gasteiger charge is 0.918. The van der Waals surface area contributed by atoms with Crippen LogP contribution in [0.4, 0.5) is 0 Å². The first-order chi connectivity index (χ1) is 1.91. The fourth-order valence-corrected chi connectivity index (χ4v) is 0. The maximum Gasteiger partial charge on any atom is 0.199 e. The second kappa shape index (κ2) is 102. The van der Waals surface area contributed by atoms with E-state index in [9.17, 15) is 0 Å². The summed E-state index contributed by atoms with van der Waals surface area (Å²) < 4.78 is 5.90. The molecule has 0 aromatic rings. The molecule has 0 aromatic heterocycles. The van der Waals surface area contributed by atoms with Gasteiger partial charge in [0.15, 0.2) is 1.41 Å². The quantitative estimate of drug-likeness (QED) is 0.424. The van der Waals surface area contributed by atoms with Crippen LogP contribution in [0.5, 0.6) is 0 Å². The molecule has 0 rings (SSSR count). The molecule has 0 heterocycles. The maximum absolute atomic E-state index is 5.90. The molecule has 0 radical (unpaired) electrons. The van der Waals surface area contributed by atoms with Crippen molar-refractivity contribution < 1.29 is 1.41 Å². The summed E-state index contributed by atoms with van der Waals surface area (Å²) >= 11 is 0. The summed E-state index contributed by atoms with van der Waals surface area (Å²) in [5.41, 5.74) is 0. The molecule has 0 aliphatic carbocycles. The third-order valence-electron chi connectivity index (χ3n) is 0. The van der Waals surface area contributed by atoms with E-state index in [0.29, 0.717) is 0 Å². The third kappa shape index (κ3) is 24.0. The van der Waals surface area contributed by atoms with Crippen molar-refractivity contribution in [2.75, 3.05) is 0 Å². The van der Waals surface area contributed by atoms with Gasteiger partial charge in [-0.2, -0.15) is 0 Å².